The third-order valence-electron chi connectivity index (χ3n) is 5.14. The highest BCUT2D eigenvalue weighted by Gasteiger charge is 2.24. The molecule has 0 radical (unpaired) electrons. The number of para-hydroxylation sites is 1. The summed E-state index contributed by atoms with van der Waals surface area (Å²) in [6, 6.07) is 13.2. The highest BCUT2D eigenvalue weighted by atomic mass is 35.5. The Morgan fingerprint density at radius 1 is 1.14 bits per heavy atom. The van der Waals surface area contributed by atoms with Crippen molar-refractivity contribution in [1.29, 1.82) is 0 Å². The summed E-state index contributed by atoms with van der Waals surface area (Å²) in [5.74, 6) is 2.17. The Balaban J connectivity index is 1.40. The van der Waals surface area contributed by atoms with E-state index in [2.05, 4.69) is 9.88 Å². The van der Waals surface area contributed by atoms with E-state index in [-0.39, 0.29) is 12.4 Å². The molecule has 3 aromatic rings. The number of rotatable bonds is 3. The molecular weight excluding hydrogens is 378 g/mol. The molecule has 0 bridgehead atoms. The van der Waals surface area contributed by atoms with Crippen LogP contribution < -0.4 is 15.0 Å². The smallest absolute Gasteiger partial charge is 0.255 e. The number of aromatic nitrogens is 2. The van der Waals surface area contributed by atoms with Crippen LogP contribution in [0, 0.1) is 0 Å². The van der Waals surface area contributed by atoms with Crippen molar-refractivity contribution in [3.63, 3.8) is 0 Å². The first kappa shape index (κ1) is 17.3. The number of nitrogens with one attached hydrogen (secondary N) is 1. The van der Waals surface area contributed by atoms with Crippen LogP contribution in [-0.4, -0.2) is 28.2 Å². The summed E-state index contributed by atoms with van der Waals surface area (Å²) >= 11 is 5.95. The fraction of sp³-hybridized carbons (Fsp3) is 0.238. The zero-order valence-corrected chi connectivity index (χ0v) is 15.8. The van der Waals surface area contributed by atoms with Crippen molar-refractivity contribution in [3.05, 3.63) is 74.7 Å². The molecule has 0 unspecified atom stereocenters. The van der Waals surface area contributed by atoms with Crippen LogP contribution in [0.1, 0.15) is 16.8 Å². The lowest BCUT2D eigenvalue weighted by atomic mass is 10.0. The summed E-state index contributed by atoms with van der Waals surface area (Å²) in [4.78, 5) is 22.6. The molecule has 3 heterocycles. The van der Waals surface area contributed by atoms with Crippen molar-refractivity contribution in [2.24, 2.45) is 0 Å². The van der Waals surface area contributed by atoms with Crippen molar-refractivity contribution in [3.8, 4) is 22.9 Å². The summed E-state index contributed by atoms with van der Waals surface area (Å²) in [5.41, 5.74) is 3.43. The topological polar surface area (TPSA) is 67.5 Å². The van der Waals surface area contributed by atoms with Crippen molar-refractivity contribution in [2.45, 2.75) is 19.5 Å². The lowest BCUT2D eigenvalue weighted by molar-refractivity contribution is 0.171. The first-order valence-electron chi connectivity index (χ1n) is 9.15. The van der Waals surface area contributed by atoms with Crippen LogP contribution in [-0.2, 0) is 19.5 Å². The van der Waals surface area contributed by atoms with Crippen LogP contribution >= 0.6 is 11.6 Å². The first-order valence-corrected chi connectivity index (χ1v) is 9.53. The average molecular weight is 396 g/mol. The molecule has 28 heavy (non-hydrogen) atoms. The van der Waals surface area contributed by atoms with Gasteiger partial charge in [0.05, 0.1) is 11.3 Å². The normalized spacial score (nSPS) is 15.5. The van der Waals surface area contributed by atoms with Crippen molar-refractivity contribution < 1.29 is 9.47 Å². The van der Waals surface area contributed by atoms with Crippen LogP contribution in [0.5, 0.6) is 11.5 Å². The average Bonchev–Trinajstić information content (AvgIpc) is 3.19. The molecule has 6 nitrogen and oxygen atoms in total. The molecule has 0 atom stereocenters. The summed E-state index contributed by atoms with van der Waals surface area (Å²) in [6.07, 6.45) is 0.728. The molecule has 2 aliphatic heterocycles. The van der Waals surface area contributed by atoms with E-state index in [9.17, 15) is 4.79 Å². The van der Waals surface area contributed by atoms with E-state index in [1.807, 2.05) is 30.3 Å². The molecule has 2 aliphatic rings. The van der Waals surface area contributed by atoms with Gasteiger partial charge < -0.3 is 14.5 Å². The highest BCUT2D eigenvalue weighted by molar-refractivity contribution is 6.30. The summed E-state index contributed by atoms with van der Waals surface area (Å²) < 4.78 is 11.1. The fourth-order valence-corrected chi connectivity index (χ4v) is 3.84. The number of ether oxygens (including phenoxy) is 2. The number of hydrogen-bond donors (Lipinski definition) is 1. The summed E-state index contributed by atoms with van der Waals surface area (Å²) in [7, 11) is 0. The van der Waals surface area contributed by atoms with Crippen molar-refractivity contribution >= 4 is 11.6 Å². The van der Waals surface area contributed by atoms with Gasteiger partial charge in [0, 0.05) is 42.2 Å². The highest BCUT2D eigenvalue weighted by Crippen LogP contribution is 2.36. The fourth-order valence-electron chi connectivity index (χ4n) is 3.72. The van der Waals surface area contributed by atoms with Gasteiger partial charge in [0.15, 0.2) is 11.5 Å². The SMILES string of the molecule is O=c1[nH]c(-c2ccc(Cl)cc2)nc2c1CN(Cc1cccc3c1OCO3)CC2. The van der Waals surface area contributed by atoms with Gasteiger partial charge >= 0.3 is 0 Å². The second kappa shape index (κ2) is 6.96. The number of nitrogens with zero attached hydrogens (tertiary/aromatic N) is 2. The maximum absolute atomic E-state index is 12.7. The quantitative estimate of drug-likeness (QED) is 0.736. The number of benzene rings is 2. The van der Waals surface area contributed by atoms with E-state index in [4.69, 9.17) is 26.1 Å². The standard InChI is InChI=1S/C21H18ClN3O3/c22-15-6-4-13(5-7-15)20-23-17-8-9-25(11-16(17)21(26)24-20)10-14-2-1-3-18-19(14)28-12-27-18/h1-7H,8-12H2,(H,23,24,26). The predicted octanol–water partition coefficient (Wildman–Crippen LogP) is 3.38. The number of hydrogen-bond acceptors (Lipinski definition) is 5. The van der Waals surface area contributed by atoms with Crippen LogP contribution in [0.25, 0.3) is 11.4 Å². The minimum Gasteiger partial charge on any atom is -0.454 e. The van der Waals surface area contributed by atoms with Gasteiger partial charge in [0.25, 0.3) is 5.56 Å². The Hall–Kier alpha value is -2.83. The number of H-pyrrole nitrogens is 1. The van der Waals surface area contributed by atoms with Gasteiger partial charge in [-0.1, -0.05) is 23.7 Å². The minimum absolute atomic E-state index is 0.0856. The molecular formula is C21H18ClN3O3. The lowest BCUT2D eigenvalue weighted by Crippen LogP contribution is -2.35. The van der Waals surface area contributed by atoms with Crippen LogP contribution in [0.15, 0.2) is 47.3 Å². The van der Waals surface area contributed by atoms with Crippen LogP contribution in [0.4, 0.5) is 0 Å². The van der Waals surface area contributed by atoms with Crippen LogP contribution in [0.3, 0.4) is 0 Å². The molecule has 0 fully saturated rings. The number of aromatic amines is 1. The van der Waals surface area contributed by atoms with Gasteiger partial charge in [-0.25, -0.2) is 4.98 Å². The molecule has 2 aromatic carbocycles. The maximum Gasteiger partial charge on any atom is 0.255 e. The van der Waals surface area contributed by atoms with Gasteiger partial charge in [-0.15, -0.1) is 0 Å². The monoisotopic (exact) mass is 395 g/mol. The zero-order chi connectivity index (χ0) is 19.1. The second-order valence-corrected chi connectivity index (χ2v) is 7.39. The predicted molar refractivity (Wildman–Crippen MR) is 106 cm³/mol. The van der Waals surface area contributed by atoms with E-state index < -0.39 is 0 Å². The van der Waals surface area contributed by atoms with E-state index in [1.54, 1.807) is 12.1 Å². The Labute approximate surface area is 166 Å². The molecule has 0 amide bonds. The molecule has 5 rings (SSSR count). The maximum atomic E-state index is 12.7. The minimum atomic E-state index is -0.0856. The largest absolute Gasteiger partial charge is 0.454 e. The Morgan fingerprint density at radius 3 is 2.86 bits per heavy atom. The summed E-state index contributed by atoms with van der Waals surface area (Å²) in [5, 5.41) is 0.654. The van der Waals surface area contributed by atoms with Crippen LogP contribution in [0.2, 0.25) is 5.02 Å². The molecule has 0 saturated heterocycles. The summed E-state index contributed by atoms with van der Waals surface area (Å²) in [6.45, 7) is 2.34. The van der Waals surface area contributed by atoms with Crippen molar-refractivity contribution in [2.75, 3.05) is 13.3 Å². The molecule has 0 spiro atoms. The Bertz CT molecular complexity index is 1100. The van der Waals surface area contributed by atoms with Crippen molar-refractivity contribution in [1.82, 2.24) is 14.9 Å². The number of halogens is 1. The Morgan fingerprint density at radius 2 is 2.00 bits per heavy atom. The van der Waals surface area contributed by atoms with E-state index in [1.165, 1.54) is 0 Å². The first-order chi connectivity index (χ1) is 13.7. The van der Waals surface area contributed by atoms with E-state index >= 15 is 0 Å². The lowest BCUT2D eigenvalue weighted by Gasteiger charge is -2.28. The molecule has 0 aliphatic carbocycles. The van der Waals surface area contributed by atoms with E-state index in [0.29, 0.717) is 23.9 Å². The Kier molecular flexibility index (Phi) is 4.30. The number of fused-ring (bicyclic) bond motifs is 2. The molecule has 0 saturated carbocycles. The molecule has 7 heteroatoms. The van der Waals surface area contributed by atoms with Gasteiger partial charge in [0.2, 0.25) is 6.79 Å². The van der Waals surface area contributed by atoms with Gasteiger partial charge in [-0.3, -0.25) is 9.69 Å². The zero-order valence-electron chi connectivity index (χ0n) is 15.1. The molecule has 1 N–H and O–H groups in total. The van der Waals surface area contributed by atoms with Gasteiger partial charge in [-0.2, -0.15) is 0 Å². The van der Waals surface area contributed by atoms with Gasteiger partial charge in [0.1, 0.15) is 5.82 Å². The third kappa shape index (κ3) is 3.15. The van der Waals surface area contributed by atoms with Gasteiger partial charge in [-0.05, 0) is 30.3 Å². The second-order valence-electron chi connectivity index (χ2n) is 6.96. The molecule has 142 valence electrons. The third-order valence-corrected chi connectivity index (χ3v) is 5.39. The molecule has 1 aromatic heterocycles. The van der Waals surface area contributed by atoms with E-state index in [0.717, 1.165) is 46.8 Å².